The lowest BCUT2D eigenvalue weighted by Crippen LogP contribution is -2.41. The minimum atomic E-state index is -0.542. The van der Waals surface area contributed by atoms with E-state index in [1.54, 1.807) is 48.5 Å². The van der Waals surface area contributed by atoms with Crippen LogP contribution in [0, 0.1) is 0 Å². The molecule has 6 heteroatoms. The zero-order valence-electron chi connectivity index (χ0n) is 14.6. The van der Waals surface area contributed by atoms with Crippen molar-refractivity contribution in [2.45, 2.75) is 20.0 Å². The molecule has 0 bridgehead atoms. The first-order chi connectivity index (χ1) is 12.5. The molecule has 0 aromatic heterocycles. The van der Waals surface area contributed by atoms with E-state index in [4.69, 9.17) is 9.47 Å². The van der Waals surface area contributed by atoms with Gasteiger partial charge >= 0.3 is 0 Å². The molecule has 3 rings (SSSR count). The van der Waals surface area contributed by atoms with E-state index in [1.807, 2.05) is 13.8 Å². The first kappa shape index (κ1) is 17.7. The predicted octanol–water partition coefficient (Wildman–Crippen LogP) is 2.72. The highest BCUT2D eigenvalue weighted by molar-refractivity contribution is 6.11. The second-order valence-corrected chi connectivity index (χ2v) is 6.18. The number of nitrogens with zero attached hydrogens (tertiary/aromatic N) is 1. The highest BCUT2D eigenvalue weighted by Crippen LogP contribution is 2.23. The van der Waals surface area contributed by atoms with E-state index in [0.29, 0.717) is 17.1 Å². The van der Waals surface area contributed by atoms with Gasteiger partial charge in [-0.2, -0.15) is 0 Å². The molecule has 0 fully saturated rings. The van der Waals surface area contributed by atoms with Crippen LogP contribution in [0.4, 0.5) is 0 Å². The van der Waals surface area contributed by atoms with Gasteiger partial charge in [0, 0.05) is 5.56 Å². The maximum Gasteiger partial charge on any atom is 0.267 e. The Morgan fingerprint density at radius 1 is 1.12 bits per heavy atom. The average Bonchev–Trinajstić information content (AvgIpc) is 2.74. The van der Waals surface area contributed by atoms with E-state index in [1.165, 1.54) is 0 Å². The Hall–Kier alpha value is -3.15. The number of ether oxygens (including phenoxy) is 2. The second-order valence-electron chi connectivity index (χ2n) is 6.18. The van der Waals surface area contributed by atoms with Crippen LogP contribution in [-0.4, -0.2) is 41.8 Å². The zero-order chi connectivity index (χ0) is 18.7. The average molecular weight is 353 g/mol. The molecule has 0 spiro atoms. The van der Waals surface area contributed by atoms with Crippen LogP contribution in [0.25, 0.3) is 0 Å². The van der Waals surface area contributed by atoms with Crippen LogP contribution in [0.1, 0.15) is 34.6 Å². The SMILES string of the molecule is CC(C)Oc1ccc(C(=O)CN2C(=O)COc3ccccc3C2=O)cc1. The van der Waals surface area contributed by atoms with Crippen molar-refractivity contribution in [3.8, 4) is 11.5 Å². The van der Waals surface area contributed by atoms with Crippen molar-refractivity contribution in [1.29, 1.82) is 0 Å². The number of Topliss-reactive ketones (excluding diaryl/α,β-unsaturated/α-hetero) is 1. The van der Waals surface area contributed by atoms with Crippen LogP contribution in [-0.2, 0) is 4.79 Å². The summed E-state index contributed by atoms with van der Waals surface area (Å²) in [4.78, 5) is 38.4. The van der Waals surface area contributed by atoms with Crippen LogP contribution in [0.3, 0.4) is 0 Å². The molecule has 2 amide bonds. The smallest absolute Gasteiger partial charge is 0.267 e. The third kappa shape index (κ3) is 3.74. The first-order valence-electron chi connectivity index (χ1n) is 8.32. The largest absolute Gasteiger partial charge is 0.491 e. The quantitative estimate of drug-likeness (QED) is 0.610. The Morgan fingerprint density at radius 2 is 1.81 bits per heavy atom. The summed E-state index contributed by atoms with van der Waals surface area (Å²) < 4.78 is 10.9. The highest BCUT2D eigenvalue weighted by Gasteiger charge is 2.31. The summed E-state index contributed by atoms with van der Waals surface area (Å²) in [7, 11) is 0. The van der Waals surface area contributed by atoms with E-state index < -0.39 is 11.8 Å². The Bertz CT molecular complexity index is 842. The van der Waals surface area contributed by atoms with Gasteiger partial charge in [-0.3, -0.25) is 19.3 Å². The minimum Gasteiger partial charge on any atom is -0.491 e. The molecule has 2 aromatic carbocycles. The number of imide groups is 1. The molecule has 0 saturated heterocycles. The standard InChI is InChI=1S/C20H19NO5/c1-13(2)26-15-9-7-14(8-10-15)17(22)11-21-19(23)12-25-18-6-4-3-5-16(18)20(21)24/h3-10,13H,11-12H2,1-2H3. The van der Waals surface area contributed by atoms with Crippen LogP contribution in [0.15, 0.2) is 48.5 Å². The van der Waals surface area contributed by atoms with Crippen molar-refractivity contribution < 1.29 is 23.9 Å². The summed E-state index contributed by atoms with van der Waals surface area (Å²) in [6.45, 7) is 3.21. The molecule has 0 aliphatic carbocycles. The van der Waals surface area contributed by atoms with E-state index in [-0.39, 0.29) is 30.6 Å². The lowest BCUT2D eigenvalue weighted by Gasteiger charge is -2.17. The summed E-state index contributed by atoms with van der Waals surface area (Å²) in [6.07, 6.45) is 0.0314. The lowest BCUT2D eigenvalue weighted by atomic mass is 10.1. The summed E-state index contributed by atoms with van der Waals surface area (Å²) >= 11 is 0. The van der Waals surface area contributed by atoms with Crippen molar-refractivity contribution >= 4 is 17.6 Å². The number of fused-ring (bicyclic) bond motifs is 1. The fourth-order valence-corrected chi connectivity index (χ4v) is 2.63. The number of hydrogen-bond donors (Lipinski definition) is 0. The molecule has 0 radical (unpaired) electrons. The fourth-order valence-electron chi connectivity index (χ4n) is 2.63. The number of amides is 2. The molecule has 134 valence electrons. The van der Waals surface area contributed by atoms with Crippen LogP contribution in [0.2, 0.25) is 0 Å². The van der Waals surface area contributed by atoms with Gasteiger partial charge in [-0.05, 0) is 50.2 Å². The van der Waals surface area contributed by atoms with Crippen molar-refractivity contribution in [3.63, 3.8) is 0 Å². The monoisotopic (exact) mass is 353 g/mol. The fraction of sp³-hybridized carbons (Fsp3) is 0.250. The number of carbonyl (C=O) groups is 3. The van der Waals surface area contributed by atoms with Crippen LogP contribution >= 0.6 is 0 Å². The molecule has 1 aliphatic heterocycles. The summed E-state index contributed by atoms with van der Waals surface area (Å²) in [5.41, 5.74) is 0.673. The molecule has 0 atom stereocenters. The lowest BCUT2D eigenvalue weighted by molar-refractivity contribution is -0.129. The van der Waals surface area contributed by atoms with Crippen molar-refractivity contribution in [3.05, 3.63) is 59.7 Å². The molecule has 26 heavy (non-hydrogen) atoms. The molecule has 0 unspecified atom stereocenters. The molecule has 1 aliphatic rings. The zero-order valence-corrected chi connectivity index (χ0v) is 14.6. The second kappa shape index (κ2) is 7.39. The Labute approximate surface area is 151 Å². The summed E-state index contributed by atoms with van der Waals surface area (Å²) in [6, 6.07) is 13.2. The molecule has 0 N–H and O–H groups in total. The number of para-hydroxylation sites is 1. The van der Waals surface area contributed by atoms with Gasteiger partial charge in [0.25, 0.3) is 11.8 Å². The van der Waals surface area contributed by atoms with Gasteiger partial charge in [-0.25, -0.2) is 0 Å². The summed E-state index contributed by atoms with van der Waals surface area (Å²) in [5, 5.41) is 0. The molecular weight excluding hydrogens is 334 g/mol. The Kier molecular flexibility index (Phi) is 5.02. The molecule has 6 nitrogen and oxygen atoms in total. The van der Waals surface area contributed by atoms with Gasteiger partial charge in [0.1, 0.15) is 11.5 Å². The van der Waals surface area contributed by atoms with Crippen LogP contribution in [0.5, 0.6) is 11.5 Å². The third-order valence-corrected chi connectivity index (χ3v) is 3.86. The molecule has 2 aromatic rings. The van der Waals surface area contributed by atoms with E-state index in [2.05, 4.69) is 0 Å². The predicted molar refractivity (Wildman–Crippen MR) is 94.5 cm³/mol. The van der Waals surface area contributed by atoms with Gasteiger partial charge in [0.2, 0.25) is 0 Å². The minimum absolute atomic E-state index is 0.0314. The number of carbonyl (C=O) groups excluding carboxylic acids is 3. The third-order valence-electron chi connectivity index (χ3n) is 3.86. The number of benzene rings is 2. The van der Waals surface area contributed by atoms with Gasteiger partial charge < -0.3 is 9.47 Å². The number of rotatable bonds is 5. The van der Waals surface area contributed by atoms with Crippen molar-refractivity contribution in [1.82, 2.24) is 4.90 Å². The van der Waals surface area contributed by atoms with Crippen LogP contribution < -0.4 is 9.47 Å². The van der Waals surface area contributed by atoms with Gasteiger partial charge in [0.15, 0.2) is 12.4 Å². The number of ketones is 1. The number of hydrogen-bond acceptors (Lipinski definition) is 5. The topological polar surface area (TPSA) is 72.9 Å². The Morgan fingerprint density at radius 3 is 2.50 bits per heavy atom. The van der Waals surface area contributed by atoms with E-state index >= 15 is 0 Å². The maximum atomic E-state index is 12.6. The molecule has 0 saturated carbocycles. The summed E-state index contributed by atoms with van der Waals surface area (Å²) in [5.74, 6) is -0.408. The van der Waals surface area contributed by atoms with Crippen molar-refractivity contribution in [2.24, 2.45) is 0 Å². The van der Waals surface area contributed by atoms with Gasteiger partial charge in [-0.15, -0.1) is 0 Å². The first-order valence-corrected chi connectivity index (χ1v) is 8.32. The molecular formula is C20H19NO5. The van der Waals surface area contributed by atoms with Gasteiger partial charge in [0.05, 0.1) is 18.2 Å². The molecule has 1 heterocycles. The van der Waals surface area contributed by atoms with E-state index in [0.717, 1.165) is 4.90 Å². The van der Waals surface area contributed by atoms with Gasteiger partial charge in [-0.1, -0.05) is 12.1 Å². The Balaban J connectivity index is 1.77. The highest BCUT2D eigenvalue weighted by atomic mass is 16.5. The van der Waals surface area contributed by atoms with E-state index in [9.17, 15) is 14.4 Å². The normalized spacial score (nSPS) is 13.9. The maximum absolute atomic E-state index is 12.6. The van der Waals surface area contributed by atoms with Crippen molar-refractivity contribution in [2.75, 3.05) is 13.2 Å².